The van der Waals surface area contributed by atoms with E-state index < -0.39 is 0 Å². The summed E-state index contributed by atoms with van der Waals surface area (Å²) in [5.74, 6) is 4.28. The number of halogens is 1. The van der Waals surface area contributed by atoms with Crippen molar-refractivity contribution in [3.8, 4) is 0 Å². The van der Waals surface area contributed by atoms with Gasteiger partial charge >= 0.3 is 0 Å². The summed E-state index contributed by atoms with van der Waals surface area (Å²) in [7, 11) is 1.91. The molecule has 8 atom stereocenters. The molecular formula is C29H40ClN3O2. The van der Waals surface area contributed by atoms with Gasteiger partial charge in [0.25, 0.3) is 0 Å². The fourth-order valence-corrected chi connectivity index (χ4v) is 9.76. The third kappa shape index (κ3) is 3.79. The first-order valence-electron chi connectivity index (χ1n) is 13.9. The zero-order valence-electron chi connectivity index (χ0n) is 21.5. The van der Waals surface area contributed by atoms with Gasteiger partial charge in [-0.1, -0.05) is 31.9 Å². The molecule has 0 saturated heterocycles. The van der Waals surface area contributed by atoms with Crippen LogP contribution >= 0.6 is 11.6 Å². The van der Waals surface area contributed by atoms with Gasteiger partial charge < -0.3 is 4.74 Å². The molecule has 4 aliphatic rings. The number of Topliss-reactive ketones (excluding diaryl/α,β-unsaturated/α-hetero) is 1. The third-order valence-electron chi connectivity index (χ3n) is 11.1. The molecule has 6 heteroatoms. The highest BCUT2D eigenvalue weighted by Gasteiger charge is 2.62. The minimum atomic E-state index is 0.108. The van der Waals surface area contributed by atoms with Crippen molar-refractivity contribution in [2.45, 2.75) is 78.2 Å². The first-order chi connectivity index (χ1) is 16.8. The summed E-state index contributed by atoms with van der Waals surface area (Å²) in [6.45, 7) is 6.08. The number of methoxy groups -OCH3 is 1. The van der Waals surface area contributed by atoms with E-state index in [0.29, 0.717) is 22.1 Å². The van der Waals surface area contributed by atoms with Crippen molar-refractivity contribution < 1.29 is 9.53 Å². The minimum Gasteiger partial charge on any atom is -0.384 e. The second-order valence-electron chi connectivity index (χ2n) is 12.7. The summed E-state index contributed by atoms with van der Waals surface area (Å²) in [5, 5.41) is 9.74. The number of nitrogens with zero attached hydrogens (tertiary/aromatic N) is 3. The van der Waals surface area contributed by atoms with Crippen molar-refractivity contribution >= 4 is 28.4 Å². The van der Waals surface area contributed by atoms with Crippen LogP contribution in [-0.4, -0.2) is 34.5 Å². The summed E-state index contributed by atoms with van der Waals surface area (Å²) < 4.78 is 5.94. The van der Waals surface area contributed by atoms with Gasteiger partial charge in [0.05, 0.1) is 6.61 Å². The number of hydrogen-bond acceptors (Lipinski definition) is 4. The van der Waals surface area contributed by atoms with Crippen LogP contribution in [0.2, 0.25) is 5.02 Å². The Morgan fingerprint density at radius 2 is 1.91 bits per heavy atom. The summed E-state index contributed by atoms with van der Waals surface area (Å²) in [5.41, 5.74) is 2.02. The van der Waals surface area contributed by atoms with Gasteiger partial charge in [0.2, 0.25) is 0 Å². The first kappa shape index (κ1) is 23.9. The van der Waals surface area contributed by atoms with Crippen LogP contribution in [0.5, 0.6) is 0 Å². The van der Waals surface area contributed by atoms with Crippen molar-refractivity contribution in [1.29, 1.82) is 0 Å². The predicted octanol–water partition coefficient (Wildman–Crippen LogP) is 6.58. The van der Waals surface area contributed by atoms with Gasteiger partial charge in [-0.2, -0.15) is 15.0 Å². The Labute approximate surface area is 214 Å². The molecule has 4 aliphatic carbocycles. The Hall–Kier alpha value is -1.46. The minimum absolute atomic E-state index is 0.108. The second kappa shape index (κ2) is 8.83. The van der Waals surface area contributed by atoms with Gasteiger partial charge in [-0.25, -0.2) is 0 Å². The molecule has 4 fully saturated rings. The zero-order valence-corrected chi connectivity index (χ0v) is 22.3. The molecule has 190 valence electrons. The lowest BCUT2D eigenvalue weighted by atomic mass is 9.44. The van der Waals surface area contributed by atoms with E-state index in [2.05, 4.69) is 24.0 Å². The van der Waals surface area contributed by atoms with Crippen LogP contribution < -0.4 is 0 Å². The summed E-state index contributed by atoms with van der Waals surface area (Å²) in [6, 6.07) is 5.51. The van der Waals surface area contributed by atoms with Crippen LogP contribution in [0.1, 0.15) is 71.6 Å². The summed E-state index contributed by atoms with van der Waals surface area (Å²) >= 11 is 6.12. The number of ether oxygens (including phenoxy) is 1. The number of fused-ring (bicyclic) bond motifs is 6. The van der Waals surface area contributed by atoms with Crippen molar-refractivity contribution in [1.82, 2.24) is 15.0 Å². The van der Waals surface area contributed by atoms with E-state index in [1.165, 1.54) is 51.4 Å². The molecular weight excluding hydrogens is 458 g/mol. The van der Waals surface area contributed by atoms with Crippen LogP contribution in [0, 0.1) is 46.3 Å². The monoisotopic (exact) mass is 497 g/mol. The topological polar surface area (TPSA) is 57.0 Å². The van der Waals surface area contributed by atoms with E-state index in [9.17, 15) is 4.79 Å². The molecule has 6 rings (SSSR count). The second-order valence-corrected chi connectivity index (χ2v) is 13.1. The highest BCUT2D eigenvalue weighted by molar-refractivity contribution is 6.31. The van der Waals surface area contributed by atoms with E-state index >= 15 is 0 Å². The fourth-order valence-electron chi connectivity index (χ4n) is 9.60. The molecule has 0 spiro atoms. The molecule has 1 heterocycles. The fraction of sp³-hybridized carbons (Fsp3) is 0.759. The number of hydrogen-bond donors (Lipinski definition) is 0. The van der Waals surface area contributed by atoms with E-state index in [4.69, 9.17) is 16.3 Å². The molecule has 0 amide bonds. The van der Waals surface area contributed by atoms with E-state index in [1.54, 1.807) is 4.80 Å². The number of carbonyl (C=O) groups excluding carboxylic acids is 1. The highest BCUT2D eigenvalue weighted by atomic mass is 35.5. The van der Waals surface area contributed by atoms with E-state index in [-0.39, 0.29) is 17.9 Å². The first-order valence-corrected chi connectivity index (χ1v) is 14.2. The van der Waals surface area contributed by atoms with Gasteiger partial charge in [0.1, 0.15) is 17.6 Å². The maximum absolute atomic E-state index is 13.7. The van der Waals surface area contributed by atoms with Crippen molar-refractivity contribution in [3.05, 3.63) is 23.2 Å². The highest BCUT2D eigenvalue weighted by Crippen LogP contribution is 2.68. The predicted molar refractivity (Wildman–Crippen MR) is 138 cm³/mol. The molecule has 35 heavy (non-hydrogen) atoms. The molecule has 0 radical (unpaired) electrons. The van der Waals surface area contributed by atoms with Crippen LogP contribution in [0.15, 0.2) is 18.2 Å². The van der Waals surface area contributed by atoms with Crippen molar-refractivity contribution in [2.24, 2.45) is 46.3 Å². The van der Waals surface area contributed by atoms with Crippen LogP contribution in [0.25, 0.3) is 11.0 Å². The average Bonchev–Trinajstić information content (AvgIpc) is 3.38. The molecule has 0 aliphatic heterocycles. The number of rotatable bonds is 5. The maximum Gasteiger partial charge on any atom is 0.159 e. The molecule has 2 aromatic rings. The Morgan fingerprint density at radius 1 is 1.09 bits per heavy atom. The van der Waals surface area contributed by atoms with Crippen molar-refractivity contribution in [3.63, 3.8) is 0 Å². The molecule has 7 unspecified atom stereocenters. The molecule has 4 saturated carbocycles. The largest absolute Gasteiger partial charge is 0.384 e. The van der Waals surface area contributed by atoms with Crippen LogP contribution in [-0.2, 0) is 16.1 Å². The van der Waals surface area contributed by atoms with Gasteiger partial charge in [-0.05, 0) is 110 Å². The van der Waals surface area contributed by atoms with Crippen LogP contribution in [0.3, 0.4) is 0 Å². The smallest absolute Gasteiger partial charge is 0.159 e. The number of benzene rings is 1. The van der Waals surface area contributed by atoms with E-state index in [0.717, 1.165) is 47.7 Å². The summed E-state index contributed by atoms with van der Waals surface area (Å²) in [6.07, 6.45) is 11.4. The number of aromatic nitrogens is 3. The van der Waals surface area contributed by atoms with Gasteiger partial charge in [-0.3, -0.25) is 4.79 Å². The quantitative estimate of drug-likeness (QED) is 0.468. The molecule has 1 aromatic carbocycles. The van der Waals surface area contributed by atoms with Gasteiger partial charge in [0, 0.05) is 18.1 Å². The van der Waals surface area contributed by atoms with Gasteiger partial charge in [-0.15, -0.1) is 0 Å². The zero-order chi connectivity index (χ0) is 24.4. The molecule has 0 bridgehead atoms. The van der Waals surface area contributed by atoms with Gasteiger partial charge in [0.15, 0.2) is 5.78 Å². The SMILES string of the molecule is COCC12CCC(C)CC1CCC1C2CCC2(C)C1CC[C@@H]2C(=O)Cn1nc2ccc(Cl)cc2n1. The summed E-state index contributed by atoms with van der Waals surface area (Å²) in [4.78, 5) is 15.3. The lowest BCUT2D eigenvalue weighted by Gasteiger charge is -2.61. The molecule has 5 nitrogen and oxygen atoms in total. The Morgan fingerprint density at radius 3 is 2.74 bits per heavy atom. The Kier molecular flexibility index (Phi) is 6.03. The Balaban J connectivity index is 1.22. The normalized spacial score (nSPS) is 40.8. The lowest BCUT2D eigenvalue weighted by Crippen LogP contribution is -2.56. The number of ketones is 1. The average molecular weight is 498 g/mol. The van der Waals surface area contributed by atoms with Crippen LogP contribution in [0.4, 0.5) is 0 Å². The standard InChI is InChI=1S/C29H40ClN3O2/c1-18-10-13-29(17-35-3)19(14-18)4-6-21-22-7-8-24(28(22,2)12-11-23(21)29)27(34)16-33-31-25-9-5-20(30)15-26(25)32-33/h5,9,15,18-19,21-24H,4,6-8,10-14,16-17H2,1-3H3/t18?,19?,21?,22?,23?,24-,28?,29?/m1/s1. The van der Waals surface area contributed by atoms with E-state index in [1.807, 2.05) is 25.3 Å². The lowest BCUT2D eigenvalue weighted by molar-refractivity contribution is -0.154. The number of carbonyl (C=O) groups is 1. The third-order valence-corrected chi connectivity index (χ3v) is 11.3. The van der Waals surface area contributed by atoms with Crippen molar-refractivity contribution in [2.75, 3.05) is 13.7 Å². The Bertz CT molecular complexity index is 1120. The molecule has 0 N–H and O–H groups in total. The molecule has 1 aromatic heterocycles. The maximum atomic E-state index is 13.7.